The third-order valence-corrected chi connectivity index (χ3v) is 6.69. The first kappa shape index (κ1) is 25.8. The molecule has 36 heavy (non-hydrogen) atoms. The highest BCUT2D eigenvalue weighted by Gasteiger charge is 2.28. The van der Waals surface area contributed by atoms with E-state index in [1.54, 1.807) is 6.21 Å². The number of hydrogen-bond donors (Lipinski definition) is 0. The zero-order valence-corrected chi connectivity index (χ0v) is 21.1. The van der Waals surface area contributed by atoms with E-state index in [-0.39, 0.29) is 12.2 Å². The van der Waals surface area contributed by atoms with Crippen LogP contribution in [0.15, 0.2) is 59.8 Å². The van der Waals surface area contributed by atoms with Crippen LogP contribution in [0, 0.1) is 17.6 Å². The van der Waals surface area contributed by atoms with Gasteiger partial charge in [0.15, 0.2) is 17.4 Å². The molecule has 190 valence electrons. The minimum atomic E-state index is -0.888. The Morgan fingerprint density at radius 3 is 2.50 bits per heavy atom. The Morgan fingerprint density at radius 1 is 1.06 bits per heavy atom. The maximum atomic E-state index is 13.7. The number of ketones is 1. The van der Waals surface area contributed by atoms with Gasteiger partial charge in [-0.2, -0.15) is 0 Å². The van der Waals surface area contributed by atoms with E-state index < -0.39 is 11.6 Å². The summed E-state index contributed by atoms with van der Waals surface area (Å²) in [6, 6.07) is 15.9. The fourth-order valence-electron chi connectivity index (χ4n) is 4.87. The molecule has 1 aliphatic rings. The van der Waals surface area contributed by atoms with Crippen molar-refractivity contribution < 1.29 is 18.4 Å². The van der Waals surface area contributed by atoms with Crippen molar-refractivity contribution in [2.45, 2.75) is 64.8 Å². The first-order valence-electron chi connectivity index (χ1n) is 12.8. The summed E-state index contributed by atoms with van der Waals surface area (Å²) in [6.07, 6.45) is 6.65. The fourth-order valence-corrected chi connectivity index (χ4v) is 4.87. The van der Waals surface area contributed by atoms with Gasteiger partial charge in [0.2, 0.25) is 0 Å². The van der Waals surface area contributed by atoms with Crippen molar-refractivity contribution in [3.8, 4) is 0 Å². The van der Waals surface area contributed by atoms with Crippen molar-refractivity contribution in [3.05, 3.63) is 94.3 Å². The van der Waals surface area contributed by atoms with Gasteiger partial charge in [0, 0.05) is 24.2 Å². The summed E-state index contributed by atoms with van der Waals surface area (Å²) in [5, 5.41) is 4.20. The molecule has 4 rings (SSSR count). The molecule has 0 spiro atoms. The van der Waals surface area contributed by atoms with Crippen LogP contribution in [0.2, 0.25) is 0 Å². The fraction of sp³-hybridized carbons (Fsp3) is 0.400. The SMILES string of the molecule is CC(C)CO/N=C/c1cc(C(=O)CCc2ccc(F)c(F)c2)c(C2CCCC2)n1Cc1ccccc1. The lowest BCUT2D eigenvalue weighted by Gasteiger charge is -2.18. The predicted molar refractivity (Wildman–Crippen MR) is 139 cm³/mol. The van der Waals surface area contributed by atoms with E-state index in [9.17, 15) is 13.6 Å². The van der Waals surface area contributed by atoms with Crippen molar-refractivity contribution in [2.24, 2.45) is 11.1 Å². The quantitative estimate of drug-likeness (QED) is 0.160. The number of Topliss-reactive ketones (excluding diaryl/α,β-unsaturated/α-hetero) is 1. The van der Waals surface area contributed by atoms with Crippen LogP contribution in [-0.2, 0) is 17.8 Å². The van der Waals surface area contributed by atoms with Crippen molar-refractivity contribution in [3.63, 3.8) is 0 Å². The van der Waals surface area contributed by atoms with E-state index in [0.29, 0.717) is 42.5 Å². The molecule has 3 aromatic rings. The molecule has 1 saturated carbocycles. The molecule has 0 aliphatic heterocycles. The van der Waals surface area contributed by atoms with E-state index in [2.05, 4.69) is 35.7 Å². The molecule has 0 N–H and O–H groups in total. The first-order chi connectivity index (χ1) is 17.4. The Labute approximate surface area is 212 Å². The van der Waals surface area contributed by atoms with Crippen LogP contribution < -0.4 is 0 Å². The smallest absolute Gasteiger partial charge is 0.165 e. The molecule has 0 radical (unpaired) electrons. The van der Waals surface area contributed by atoms with Crippen molar-refractivity contribution in [2.75, 3.05) is 6.61 Å². The average molecular weight is 493 g/mol. The van der Waals surface area contributed by atoms with Crippen LogP contribution in [-0.4, -0.2) is 23.2 Å². The molecule has 4 nitrogen and oxygen atoms in total. The molecule has 1 aliphatic carbocycles. The van der Waals surface area contributed by atoms with Crippen molar-refractivity contribution in [1.82, 2.24) is 4.57 Å². The maximum Gasteiger partial charge on any atom is 0.165 e. The Balaban J connectivity index is 1.67. The summed E-state index contributed by atoms with van der Waals surface area (Å²) in [6.45, 7) is 5.28. The van der Waals surface area contributed by atoms with E-state index in [1.807, 2.05) is 24.3 Å². The second kappa shape index (κ2) is 12.1. The second-order valence-corrected chi connectivity index (χ2v) is 10.0. The number of carbonyl (C=O) groups excluding carboxylic acids is 1. The summed E-state index contributed by atoms with van der Waals surface area (Å²) < 4.78 is 29.2. The third kappa shape index (κ3) is 6.48. The van der Waals surface area contributed by atoms with Crippen LogP contribution in [0.4, 0.5) is 8.78 Å². The highest BCUT2D eigenvalue weighted by Crippen LogP contribution is 2.38. The van der Waals surface area contributed by atoms with E-state index in [0.717, 1.165) is 48.7 Å². The summed E-state index contributed by atoms with van der Waals surface area (Å²) in [7, 11) is 0. The zero-order chi connectivity index (χ0) is 25.5. The number of oxime groups is 1. The maximum absolute atomic E-state index is 13.7. The Morgan fingerprint density at radius 2 is 1.81 bits per heavy atom. The molecule has 2 aromatic carbocycles. The molecule has 0 bridgehead atoms. The van der Waals surface area contributed by atoms with Gasteiger partial charge in [-0.15, -0.1) is 0 Å². The average Bonchev–Trinajstić information content (AvgIpc) is 3.51. The molecular weight excluding hydrogens is 458 g/mol. The van der Waals surface area contributed by atoms with Crippen molar-refractivity contribution in [1.29, 1.82) is 0 Å². The number of carbonyl (C=O) groups is 1. The van der Waals surface area contributed by atoms with Crippen LogP contribution in [0.1, 0.15) is 84.7 Å². The molecule has 0 atom stereocenters. The summed E-state index contributed by atoms with van der Waals surface area (Å²) in [4.78, 5) is 19.0. The van der Waals surface area contributed by atoms with Crippen molar-refractivity contribution >= 4 is 12.0 Å². The zero-order valence-electron chi connectivity index (χ0n) is 21.1. The molecule has 1 heterocycles. The minimum absolute atomic E-state index is 0.00573. The number of nitrogens with zero attached hydrogens (tertiary/aromatic N) is 2. The monoisotopic (exact) mass is 492 g/mol. The van der Waals surface area contributed by atoms with Gasteiger partial charge >= 0.3 is 0 Å². The molecule has 0 saturated heterocycles. The Hall–Kier alpha value is -3.28. The van der Waals surface area contributed by atoms with Crippen LogP contribution in [0.5, 0.6) is 0 Å². The van der Waals surface area contributed by atoms with Gasteiger partial charge < -0.3 is 9.40 Å². The standard InChI is InChI=1S/C30H34F2N2O2/c1-21(2)20-36-33-18-25-17-26(29(35)15-13-22-12-14-27(31)28(32)16-22)30(24-10-6-7-11-24)34(25)19-23-8-4-3-5-9-23/h3-5,8-9,12,14,16-18,21,24H,6-7,10-11,13,15,19-20H2,1-2H3/b33-18+. The molecule has 1 aromatic heterocycles. The number of rotatable bonds is 11. The van der Waals surface area contributed by atoms with Gasteiger partial charge in [0.05, 0.1) is 11.9 Å². The highest BCUT2D eigenvalue weighted by molar-refractivity contribution is 5.99. The molecular formula is C30H34F2N2O2. The van der Waals surface area contributed by atoms with Gasteiger partial charge in [-0.3, -0.25) is 4.79 Å². The number of benzene rings is 2. The van der Waals surface area contributed by atoms with Crippen LogP contribution in [0.25, 0.3) is 0 Å². The third-order valence-electron chi connectivity index (χ3n) is 6.69. The van der Waals surface area contributed by atoms with Gasteiger partial charge in [-0.05, 0) is 60.4 Å². The van der Waals surface area contributed by atoms with E-state index >= 15 is 0 Å². The number of halogens is 2. The van der Waals surface area contributed by atoms with E-state index in [1.165, 1.54) is 12.1 Å². The lowest BCUT2D eigenvalue weighted by molar-refractivity contribution is 0.0981. The number of aromatic nitrogens is 1. The first-order valence-corrected chi connectivity index (χ1v) is 12.8. The lowest BCUT2D eigenvalue weighted by Crippen LogP contribution is -2.13. The summed E-state index contributed by atoms with van der Waals surface area (Å²) >= 11 is 0. The largest absolute Gasteiger partial charge is 0.395 e. The van der Waals surface area contributed by atoms with Crippen LogP contribution >= 0.6 is 0 Å². The summed E-state index contributed by atoms with van der Waals surface area (Å²) in [5.41, 5.74) is 4.34. The molecule has 6 heteroatoms. The van der Waals surface area contributed by atoms with E-state index in [4.69, 9.17) is 4.84 Å². The topological polar surface area (TPSA) is 43.6 Å². The normalized spacial score (nSPS) is 14.2. The molecule has 0 unspecified atom stereocenters. The minimum Gasteiger partial charge on any atom is -0.395 e. The Kier molecular flexibility index (Phi) is 8.68. The second-order valence-electron chi connectivity index (χ2n) is 10.0. The lowest BCUT2D eigenvalue weighted by atomic mass is 9.95. The van der Waals surface area contributed by atoms with Gasteiger partial charge in [-0.1, -0.05) is 68.2 Å². The summed E-state index contributed by atoms with van der Waals surface area (Å²) in [5.74, 6) is -1.10. The van der Waals surface area contributed by atoms with Gasteiger partial charge in [0.25, 0.3) is 0 Å². The predicted octanol–water partition coefficient (Wildman–Crippen LogP) is 7.29. The van der Waals surface area contributed by atoms with Gasteiger partial charge in [-0.25, -0.2) is 8.78 Å². The van der Waals surface area contributed by atoms with Crippen LogP contribution in [0.3, 0.4) is 0 Å². The number of hydrogen-bond acceptors (Lipinski definition) is 3. The highest BCUT2D eigenvalue weighted by atomic mass is 19.2. The molecule has 0 amide bonds. The van der Waals surface area contributed by atoms with Gasteiger partial charge in [0.1, 0.15) is 6.61 Å². The molecule has 1 fully saturated rings. The Bertz CT molecular complexity index is 1200. The number of aryl methyl sites for hydroxylation is 1.